The molecule has 116 heavy (non-hydrogen) atoms. The van der Waals surface area contributed by atoms with E-state index in [4.69, 9.17) is 71.1 Å². The van der Waals surface area contributed by atoms with E-state index in [-0.39, 0.29) is 0 Å². The minimum Gasteiger partial charge on any atom is -0.477 e. The molecule has 8 fully saturated rings. The molecule has 0 radical (unpaired) electrons. The highest BCUT2D eigenvalue weighted by Gasteiger charge is 2.63. The normalized spacial score (nSPS) is 44.6. The quantitative estimate of drug-likeness (QED) is 0.0290. The summed E-state index contributed by atoms with van der Waals surface area (Å²) in [6, 6.07) is -9.09. The Bertz CT molecular complexity index is 3240. The van der Waals surface area contributed by atoms with Crippen LogP contribution in [0.1, 0.15) is 47.5 Å². The number of carbonyl (C=O) groups excluding carboxylic acids is 5. The lowest BCUT2D eigenvalue weighted by atomic mass is 9.88. The number of aliphatic carboxylic acids is 2. The van der Waals surface area contributed by atoms with Crippen LogP contribution in [0.3, 0.4) is 0 Å². The van der Waals surface area contributed by atoms with Crippen LogP contribution < -0.4 is 26.6 Å². The van der Waals surface area contributed by atoms with E-state index in [2.05, 4.69) is 26.6 Å². The second kappa shape index (κ2) is 41.1. The molecule has 0 aromatic heterocycles. The van der Waals surface area contributed by atoms with Crippen molar-refractivity contribution in [2.24, 2.45) is 0 Å². The van der Waals surface area contributed by atoms with E-state index in [9.17, 15) is 161 Å². The summed E-state index contributed by atoms with van der Waals surface area (Å²) in [4.78, 5) is 88.7. The van der Waals surface area contributed by atoms with Gasteiger partial charge in [0.2, 0.25) is 29.5 Å². The topological polar surface area (TPSA) is 824 Å². The zero-order chi connectivity index (χ0) is 86.3. The van der Waals surface area contributed by atoms with Crippen molar-refractivity contribution in [2.75, 3.05) is 52.9 Å². The third kappa shape index (κ3) is 21.4. The van der Waals surface area contributed by atoms with Crippen molar-refractivity contribution in [2.45, 2.75) is 304 Å². The fraction of sp³-hybridized carbons (Fsp3) is 0.891. The van der Waals surface area contributed by atoms with Crippen LogP contribution in [0, 0.1) is 0 Å². The van der Waals surface area contributed by atoms with E-state index in [1.54, 1.807) is 0 Å². The molecule has 8 aliphatic heterocycles. The Morgan fingerprint density at radius 3 is 1.16 bits per heavy atom. The summed E-state index contributed by atoms with van der Waals surface area (Å²) < 4.78 is 86.8. The molecule has 52 nitrogen and oxygen atoms in total. The first-order valence-electron chi connectivity index (χ1n) is 36.4. The molecule has 8 rings (SSSR count). The molecule has 30 N–H and O–H groups in total. The summed E-state index contributed by atoms with van der Waals surface area (Å²) in [6.07, 6.45) is -77.4. The fourth-order valence-corrected chi connectivity index (χ4v) is 14.7. The molecular weight excluding hydrogens is 1590 g/mol. The third-order valence-corrected chi connectivity index (χ3v) is 20.6. The summed E-state index contributed by atoms with van der Waals surface area (Å²) in [5, 5.41) is 287. The smallest absolute Gasteiger partial charge is 0.364 e. The molecule has 0 saturated carbocycles. The number of ether oxygens (including phenoxy) is 15. The lowest BCUT2D eigenvalue weighted by Gasteiger charge is -2.51. The van der Waals surface area contributed by atoms with Crippen molar-refractivity contribution in [1.82, 2.24) is 26.6 Å². The Balaban J connectivity index is 0.970. The van der Waals surface area contributed by atoms with Gasteiger partial charge in [-0.15, -0.1) is 0 Å². The molecule has 0 aromatic rings. The first-order chi connectivity index (χ1) is 54.5. The minimum absolute atomic E-state index is 0.824. The van der Waals surface area contributed by atoms with Gasteiger partial charge in [-0.3, -0.25) is 24.0 Å². The summed E-state index contributed by atoms with van der Waals surface area (Å²) in [6.45, 7) is -4.49. The Hall–Kier alpha value is -5.23. The third-order valence-electron chi connectivity index (χ3n) is 20.6. The maximum atomic E-state index is 13.2. The van der Waals surface area contributed by atoms with Gasteiger partial charge in [-0.05, 0) is 0 Å². The number of amides is 5. The monoisotopic (exact) mass is 1700 g/mol. The maximum absolute atomic E-state index is 13.2. The van der Waals surface area contributed by atoms with Crippen LogP contribution in [0.2, 0.25) is 0 Å². The average molecular weight is 1700 g/mol. The largest absolute Gasteiger partial charge is 0.477 e. The molecule has 8 saturated heterocycles. The van der Waals surface area contributed by atoms with Crippen LogP contribution in [-0.2, 0) is 105 Å². The predicted molar refractivity (Wildman–Crippen MR) is 357 cm³/mol. The molecule has 0 aromatic carbocycles. The van der Waals surface area contributed by atoms with Gasteiger partial charge in [-0.1, -0.05) is 0 Å². The molecular formula is C64H105N5O47. The highest BCUT2D eigenvalue weighted by molar-refractivity contribution is 5.78. The number of aliphatic hydroxyl groups is 23. The molecule has 8 aliphatic rings. The van der Waals surface area contributed by atoms with Crippen molar-refractivity contribution < 1.29 is 232 Å². The van der Waals surface area contributed by atoms with Crippen molar-refractivity contribution >= 4 is 41.5 Å². The fourth-order valence-electron chi connectivity index (χ4n) is 14.7. The molecule has 52 heteroatoms. The number of hydrogen-bond acceptors (Lipinski definition) is 45. The number of rotatable bonds is 33. The summed E-state index contributed by atoms with van der Waals surface area (Å²) in [5.41, 5.74) is 0. The first-order valence-corrected chi connectivity index (χ1v) is 36.4. The Morgan fingerprint density at radius 2 is 0.716 bits per heavy atom. The van der Waals surface area contributed by atoms with Gasteiger partial charge in [0.05, 0.1) is 77.1 Å². The lowest BCUT2D eigenvalue weighted by molar-refractivity contribution is -0.383. The zero-order valence-corrected chi connectivity index (χ0v) is 62.3. The summed E-state index contributed by atoms with van der Waals surface area (Å²) in [7, 11) is 0. The average Bonchev–Trinajstić information content (AvgIpc) is 0.757. The van der Waals surface area contributed by atoms with E-state index in [0.717, 1.165) is 34.6 Å². The van der Waals surface area contributed by atoms with Crippen LogP contribution in [0.5, 0.6) is 0 Å². The Morgan fingerprint density at radius 1 is 0.362 bits per heavy atom. The van der Waals surface area contributed by atoms with E-state index in [0.29, 0.717) is 0 Å². The van der Waals surface area contributed by atoms with Crippen LogP contribution in [0.15, 0.2) is 0 Å². The van der Waals surface area contributed by atoms with Gasteiger partial charge in [0.1, 0.15) is 183 Å². The van der Waals surface area contributed by atoms with E-state index in [1.807, 2.05) is 0 Å². The van der Waals surface area contributed by atoms with Crippen molar-refractivity contribution in [3.05, 3.63) is 0 Å². The standard InChI is InChI=1S/C64H105N5O47/c1-16(76)65-31-21(81)6-63(61(98)99,114-51(31)36(85)23(83)8-70)103-15-30-38(87)44(93)45(94)58(109-30)110-49-28(13-75)108-57(34(43(49)92)68-19(4)79)113-53-39(88)25(10-72)105-59(46(53)95)111-48-27(12-74)107-56(33(42(48)91)67-18(3)78)102-14-29-41(90)50(35(55(97)104-29)69-20(5)80)112-60-47(96)54(40(89)26(11-73)106-60)116-64(62(100)101)7-22(82)32(66-17(2)77)52(115-64)37(86)24(84)9-71/h21-60,70-75,81-97H,6-15H2,1-5H3,(H,65,76)(H,66,77)(H,67,78)(H,68,79)(H,69,80)(H,98,99)(H,100,101)/t21-,22-,23+,24+,25+,26+,27+,28+,29+,30+,31+,32+,33+,34+,35+,36+,37+,38-,39-,40-,41-,42+,43+,44-,45+,46+,47+,48+,49+,50+,51+,52+,53-,54-,55-,56+,57-,58-,59-,60-,63+,64-/m0/s1. The maximum Gasteiger partial charge on any atom is 0.364 e. The minimum atomic E-state index is -3.27. The first kappa shape index (κ1) is 96.2. The second-order valence-corrected chi connectivity index (χ2v) is 29.0. The highest BCUT2D eigenvalue weighted by Crippen LogP contribution is 2.42. The zero-order valence-electron chi connectivity index (χ0n) is 62.3. The van der Waals surface area contributed by atoms with Crippen LogP contribution in [0.4, 0.5) is 0 Å². The van der Waals surface area contributed by atoms with Gasteiger partial charge in [-0.25, -0.2) is 9.59 Å². The van der Waals surface area contributed by atoms with Crippen molar-refractivity contribution in [3.8, 4) is 0 Å². The van der Waals surface area contributed by atoms with E-state index >= 15 is 0 Å². The number of carboxylic acid groups (broad SMARTS) is 2. The summed E-state index contributed by atoms with van der Waals surface area (Å²) in [5.74, 6) is -15.0. The molecule has 5 amide bonds. The molecule has 0 unspecified atom stereocenters. The van der Waals surface area contributed by atoms with Gasteiger partial charge in [-0.2, -0.15) is 0 Å². The number of aliphatic hydroxyl groups excluding tert-OH is 23. The van der Waals surface area contributed by atoms with E-state index < -0.39 is 364 Å². The number of carboxylic acids is 2. The van der Waals surface area contributed by atoms with Crippen molar-refractivity contribution in [3.63, 3.8) is 0 Å². The SMILES string of the molecule is CC(=O)N[C@@H]1[C@@H](O[C@@H]2O[C@H](CO)[C@H](O)[C@H](O[C@]3(C(=O)O)C[C@H](O)[C@@H](NC(C)=O)[C@H]([C@H](O)[C@H](O)CO)O3)[C@H]2O)[C@@H](O)[C@@H](CO[C@@H]2O[C@H](CO)[C@@H](O[C@@H]3O[C@H](CO)[C@H](O)[C@H](O[C@@H]4O[C@H](CO)[C@@H](O[C@@H]5O[C@H](CO[C@]6(C(=O)O)C[C@H](O)[C@@H](NC(C)=O)[C@H]([C@H](O)[C@H](O)CO)O6)[C@H](O)[C@H](O)[C@H]5O)[C@H](O)[C@H]4NC(C)=O)[C@H]3O)[C@H](O)[C@H]2NC(C)=O)O[C@@H]1O. The van der Waals surface area contributed by atoms with Gasteiger partial charge in [0, 0.05) is 47.5 Å². The van der Waals surface area contributed by atoms with Crippen LogP contribution in [-0.4, -0.2) is 479 Å². The Labute approximate surface area is 655 Å². The van der Waals surface area contributed by atoms with Crippen LogP contribution in [0.25, 0.3) is 0 Å². The van der Waals surface area contributed by atoms with E-state index in [1.165, 1.54) is 0 Å². The number of carbonyl (C=O) groups is 7. The molecule has 0 bridgehead atoms. The lowest BCUT2D eigenvalue weighted by Crippen LogP contribution is -2.71. The van der Waals surface area contributed by atoms with Gasteiger partial charge < -0.3 is 225 Å². The van der Waals surface area contributed by atoms with Crippen LogP contribution >= 0.6 is 0 Å². The Kier molecular flexibility index (Phi) is 34.1. The van der Waals surface area contributed by atoms with Gasteiger partial charge in [0.15, 0.2) is 37.7 Å². The molecule has 668 valence electrons. The molecule has 8 heterocycles. The summed E-state index contributed by atoms with van der Waals surface area (Å²) >= 11 is 0. The number of nitrogens with one attached hydrogen (secondary N) is 5. The number of hydrogen-bond donors (Lipinski definition) is 30. The van der Waals surface area contributed by atoms with Gasteiger partial charge >= 0.3 is 11.9 Å². The highest BCUT2D eigenvalue weighted by atomic mass is 16.8. The molecule has 0 spiro atoms. The second-order valence-electron chi connectivity index (χ2n) is 29.0. The molecule has 42 atom stereocenters. The van der Waals surface area contributed by atoms with Crippen molar-refractivity contribution in [1.29, 1.82) is 0 Å². The van der Waals surface area contributed by atoms with Gasteiger partial charge in [0.25, 0.3) is 11.6 Å². The molecule has 0 aliphatic carbocycles. The predicted octanol–water partition coefficient (Wildman–Crippen LogP) is -19.3.